The van der Waals surface area contributed by atoms with Crippen LogP contribution in [0.1, 0.15) is 22.5 Å². The summed E-state index contributed by atoms with van der Waals surface area (Å²) >= 11 is 0. The molecule has 0 radical (unpaired) electrons. The molecule has 0 saturated carbocycles. The van der Waals surface area contributed by atoms with Crippen LogP contribution in [0.15, 0.2) is 42.5 Å². The van der Waals surface area contributed by atoms with Crippen molar-refractivity contribution < 1.29 is 5.11 Å². The quantitative estimate of drug-likeness (QED) is 0.753. The number of nitrogens with zero attached hydrogens (tertiary/aromatic N) is 1. The summed E-state index contributed by atoms with van der Waals surface area (Å²) < 4.78 is 0. The van der Waals surface area contributed by atoms with Crippen LogP contribution in [0.4, 0.5) is 0 Å². The van der Waals surface area contributed by atoms with Crippen molar-refractivity contribution in [2.75, 3.05) is 0 Å². The van der Waals surface area contributed by atoms with E-state index in [2.05, 4.69) is 40.3 Å². The SMILES string of the molecule is Cc1nc2ccc(Cc3ccc(CO)cc3)cc2[nH]1. The van der Waals surface area contributed by atoms with E-state index >= 15 is 0 Å². The molecule has 0 unspecified atom stereocenters. The van der Waals surface area contributed by atoms with Crippen LogP contribution in [0.3, 0.4) is 0 Å². The van der Waals surface area contributed by atoms with Crippen LogP contribution in [-0.2, 0) is 13.0 Å². The van der Waals surface area contributed by atoms with Gasteiger partial charge in [-0.25, -0.2) is 4.98 Å². The average Bonchev–Trinajstić information content (AvgIpc) is 2.79. The fourth-order valence-electron chi connectivity index (χ4n) is 2.29. The minimum Gasteiger partial charge on any atom is -0.392 e. The van der Waals surface area contributed by atoms with Gasteiger partial charge in [0.15, 0.2) is 0 Å². The number of fused-ring (bicyclic) bond motifs is 1. The Labute approximate surface area is 111 Å². The number of nitrogens with one attached hydrogen (secondary N) is 1. The molecule has 3 nitrogen and oxygen atoms in total. The first-order valence-electron chi connectivity index (χ1n) is 6.38. The highest BCUT2D eigenvalue weighted by Gasteiger charge is 2.02. The lowest BCUT2D eigenvalue weighted by Crippen LogP contribution is -1.89. The van der Waals surface area contributed by atoms with Crippen LogP contribution in [0, 0.1) is 6.92 Å². The van der Waals surface area contributed by atoms with E-state index in [-0.39, 0.29) is 6.61 Å². The van der Waals surface area contributed by atoms with Gasteiger partial charge in [-0.15, -0.1) is 0 Å². The maximum absolute atomic E-state index is 9.03. The van der Waals surface area contributed by atoms with Crippen LogP contribution in [0.5, 0.6) is 0 Å². The predicted octanol–water partition coefficient (Wildman–Crippen LogP) is 2.95. The first kappa shape index (κ1) is 11.9. The molecule has 1 aromatic heterocycles. The molecule has 3 heteroatoms. The molecule has 0 amide bonds. The summed E-state index contributed by atoms with van der Waals surface area (Å²) in [4.78, 5) is 7.66. The molecule has 0 atom stereocenters. The second kappa shape index (κ2) is 4.86. The van der Waals surface area contributed by atoms with E-state index in [1.165, 1.54) is 11.1 Å². The highest BCUT2D eigenvalue weighted by atomic mass is 16.3. The standard InChI is InChI=1S/C16H16N2O/c1-11-17-15-7-6-14(9-16(15)18-11)8-12-2-4-13(10-19)5-3-12/h2-7,9,19H,8,10H2,1H3,(H,17,18). The smallest absolute Gasteiger partial charge is 0.104 e. The maximum atomic E-state index is 9.03. The molecule has 3 rings (SSSR count). The zero-order valence-electron chi connectivity index (χ0n) is 10.9. The van der Waals surface area contributed by atoms with E-state index in [0.717, 1.165) is 28.8 Å². The molecule has 0 bridgehead atoms. The summed E-state index contributed by atoms with van der Waals surface area (Å²) in [5.74, 6) is 0.944. The normalized spacial score (nSPS) is 11.1. The van der Waals surface area contributed by atoms with Gasteiger partial charge in [0.25, 0.3) is 0 Å². The number of aryl methyl sites for hydroxylation is 1. The first-order chi connectivity index (χ1) is 9.24. The zero-order valence-corrected chi connectivity index (χ0v) is 10.9. The Hall–Kier alpha value is -2.13. The number of H-pyrrole nitrogens is 1. The molecule has 0 aliphatic carbocycles. The van der Waals surface area contributed by atoms with E-state index < -0.39 is 0 Å². The number of aromatic nitrogens is 2. The summed E-state index contributed by atoms with van der Waals surface area (Å²) in [6, 6.07) is 14.4. The Morgan fingerprint density at radius 3 is 2.42 bits per heavy atom. The van der Waals surface area contributed by atoms with Crippen LogP contribution < -0.4 is 0 Å². The molecule has 3 aromatic rings. The number of aliphatic hydroxyl groups excluding tert-OH is 1. The molecule has 0 spiro atoms. The Morgan fingerprint density at radius 1 is 1.00 bits per heavy atom. The van der Waals surface area contributed by atoms with E-state index in [1.807, 2.05) is 19.1 Å². The monoisotopic (exact) mass is 252 g/mol. The molecule has 0 aliphatic rings. The second-order valence-electron chi connectivity index (χ2n) is 4.83. The van der Waals surface area contributed by atoms with Crippen LogP contribution in [0.25, 0.3) is 11.0 Å². The Bertz CT molecular complexity index is 698. The number of hydrogen-bond acceptors (Lipinski definition) is 2. The van der Waals surface area contributed by atoms with Gasteiger partial charge < -0.3 is 10.1 Å². The van der Waals surface area contributed by atoms with Gasteiger partial charge in [0.1, 0.15) is 5.82 Å². The number of benzene rings is 2. The summed E-state index contributed by atoms with van der Waals surface area (Å²) in [7, 11) is 0. The van der Waals surface area contributed by atoms with Gasteiger partial charge in [-0.1, -0.05) is 30.3 Å². The van der Waals surface area contributed by atoms with Gasteiger partial charge in [-0.3, -0.25) is 0 Å². The van der Waals surface area contributed by atoms with E-state index in [9.17, 15) is 0 Å². The molecule has 0 saturated heterocycles. The highest BCUT2D eigenvalue weighted by molar-refractivity contribution is 5.75. The van der Waals surface area contributed by atoms with Crippen LogP contribution >= 0.6 is 0 Å². The average molecular weight is 252 g/mol. The van der Waals surface area contributed by atoms with Gasteiger partial charge in [0.05, 0.1) is 17.6 Å². The molecular formula is C16H16N2O. The summed E-state index contributed by atoms with van der Waals surface area (Å²) in [6.45, 7) is 2.06. The first-order valence-corrected chi connectivity index (χ1v) is 6.38. The van der Waals surface area contributed by atoms with Crippen molar-refractivity contribution >= 4 is 11.0 Å². The van der Waals surface area contributed by atoms with Gasteiger partial charge in [-0.2, -0.15) is 0 Å². The summed E-state index contributed by atoms with van der Waals surface area (Å²) in [5.41, 5.74) is 5.54. The Kier molecular flexibility index (Phi) is 3.05. The number of imidazole rings is 1. The number of aromatic amines is 1. The van der Waals surface area contributed by atoms with E-state index in [1.54, 1.807) is 0 Å². The topological polar surface area (TPSA) is 48.9 Å². The van der Waals surface area contributed by atoms with Crippen molar-refractivity contribution in [2.45, 2.75) is 20.0 Å². The van der Waals surface area contributed by atoms with Crippen molar-refractivity contribution in [2.24, 2.45) is 0 Å². The maximum Gasteiger partial charge on any atom is 0.104 e. The fourth-order valence-corrected chi connectivity index (χ4v) is 2.29. The lowest BCUT2D eigenvalue weighted by molar-refractivity contribution is 0.282. The van der Waals surface area contributed by atoms with E-state index in [4.69, 9.17) is 5.11 Å². The Morgan fingerprint density at radius 2 is 1.68 bits per heavy atom. The van der Waals surface area contributed by atoms with Crippen molar-refractivity contribution in [1.29, 1.82) is 0 Å². The molecule has 2 N–H and O–H groups in total. The van der Waals surface area contributed by atoms with Crippen molar-refractivity contribution in [1.82, 2.24) is 9.97 Å². The van der Waals surface area contributed by atoms with Crippen molar-refractivity contribution in [3.63, 3.8) is 0 Å². The molecule has 19 heavy (non-hydrogen) atoms. The van der Waals surface area contributed by atoms with Gasteiger partial charge >= 0.3 is 0 Å². The summed E-state index contributed by atoms with van der Waals surface area (Å²) in [5, 5.41) is 9.03. The lowest BCUT2D eigenvalue weighted by atomic mass is 10.0. The third kappa shape index (κ3) is 2.51. The molecule has 0 aliphatic heterocycles. The van der Waals surface area contributed by atoms with Crippen molar-refractivity contribution in [3.05, 3.63) is 65.0 Å². The van der Waals surface area contributed by atoms with Gasteiger partial charge in [0, 0.05) is 0 Å². The minimum atomic E-state index is 0.0969. The highest BCUT2D eigenvalue weighted by Crippen LogP contribution is 2.17. The molecular weight excluding hydrogens is 236 g/mol. The number of hydrogen-bond donors (Lipinski definition) is 2. The van der Waals surface area contributed by atoms with Gasteiger partial charge in [0.2, 0.25) is 0 Å². The van der Waals surface area contributed by atoms with E-state index in [0.29, 0.717) is 0 Å². The molecule has 96 valence electrons. The second-order valence-corrected chi connectivity index (χ2v) is 4.83. The Balaban J connectivity index is 1.87. The minimum absolute atomic E-state index is 0.0969. The zero-order chi connectivity index (χ0) is 13.2. The predicted molar refractivity (Wildman–Crippen MR) is 76.0 cm³/mol. The third-order valence-corrected chi connectivity index (χ3v) is 3.28. The largest absolute Gasteiger partial charge is 0.392 e. The van der Waals surface area contributed by atoms with Crippen molar-refractivity contribution in [3.8, 4) is 0 Å². The molecule has 0 fully saturated rings. The van der Waals surface area contributed by atoms with Crippen LogP contribution in [0.2, 0.25) is 0 Å². The number of rotatable bonds is 3. The molecule has 1 heterocycles. The summed E-state index contributed by atoms with van der Waals surface area (Å²) in [6.07, 6.45) is 0.889. The van der Waals surface area contributed by atoms with Crippen LogP contribution in [-0.4, -0.2) is 15.1 Å². The number of aliphatic hydroxyl groups is 1. The fraction of sp³-hybridized carbons (Fsp3) is 0.188. The molecule has 2 aromatic carbocycles. The lowest BCUT2D eigenvalue weighted by Gasteiger charge is -2.03. The third-order valence-electron chi connectivity index (χ3n) is 3.28. The van der Waals surface area contributed by atoms with Gasteiger partial charge in [-0.05, 0) is 42.2 Å².